The third-order valence-electron chi connectivity index (χ3n) is 2.28. The Labute approximate surface area is 104 Å². The van der Waals surface area contributed by atoms with Gasteiger partial charge in [-0.15, -0.1) is 11.3 Å². The maximum absolute atomic E-state index is 8.60. The Balaban J connectivity index is 2.32. The number of aromatic nitrogens is 1. The van der Waals surface area contributed by atoms with Crippen LogP contribution in [0.4, 0.5) is 5.13 Å². The van der Waals surface area contributed by atoms with E-state index in [0.29, 0.717) is 5.13 Å². The number of hydrogen-bond donors (Lipinski definition) is 2. The summed E-state index contributed by atoms with van der Waals surface area (Å²) in [5.74, 6) is 5.46. The monoisotopic (exact) mass is 244 g/mol. The molecule has 0 aliphatic heterocycles. The van der Waals surface area contributed by atoms with Gasteiger partial charge in [-0.3, -0.25) is 0 Å². The molecule has 3 N–H and O–H groups in total. The van der Waals surface area contributed by atoms with Gasteiger partial charge in [0.25, 0.3) is 0 Å². The molecule has 0 atom stereocenters. The van der Waals surface area contributed by atoms with Crippen LogP contribution >= 0.6 is 11.3 Å². The van der Waals surface area contributed by atoms with E-state index in [1.54, 1.807) is 0 Å². The Morgan fingerprint density at radius 2 is 2.06 bits per heavy atom. The highest BCUT2D eigenvalue weighted by Crippen LogP contribution is 2.28. The SMILES string of the molecule is Cc1sc(N)nc1-c1ccc(C#CCO)cc1. The molecular formula is C13H12N2OS. The molecule has 0 aliphatic rings. The number of aryl methyl sites for hydroxylation is 1. The zero-order valence-corrected chi connectivity index (χ0v) is 10.2. The Morgan fingerprint density at radius 3 is 2.59 bits per heavy atom. The molecule has 3 nitrogen and oxygen atoms in total. The molecule has 0 fully saturated rings. The lowest BCUT2D eigenvalue weighted by atomic mass is 10.1. The summed E-state index contributed by atoms with van der Waals surface area (Å²) in [4.78, 5) is 5.40. The number of benzene rings is 1. The third kappa shape index (κ3) is 2.64. The first-order chi connectivity index (χ1) is 8.20. The second-order valence-corrected chi connectivity index (χ2v) is 4.73. The van der Waals surface area contributed by atoms with Crippen molar-refractivity contribution in [2.45, 2.75) is 6.92 Å². The van der Waals surface area contributed by atoms with E-state index < -0.39 is 0 Å². The van der Waals surface area contributed by atoms with Crippen molar-refractivity contribution in [3.05, 3.63) is 34.7 Å². The minimum atomic E-state index is -0.122. The van der Waals surface area contributed by atoms with Gasteiger partial charge in [0, 0.05) is 16.0 Å². The number of hydrogen-bond acceptors (Lipinski definition) is 4. The fourth-order valence-electron chi connectivity index (χ4n) is 1.54. The van der Waals surface area contributed by atoms with E-state index in [1.807, 2.05) is 31.2 Å². The van der Waals surface area contributed by atoms with Gasteiger partial charge >= 0.3 is 0 Å². The largest absolute Gasteiger partial charge is 0.384 e. The van der Waals surface area contributed by atoms with Crippen molar-refractivity contribution in [3.63, 3.8) is 0 Å². The Kier molecular flexibility index (Phi) is 3.43. The number of nitrogens with zero attached hydrogens (tertiary/aromatic N) is 1. The number of aliphatic hydroxyl groups excluding tert-OH is 1. The van der Waals surface area contributed by atoms with Crippen LogP contribution in [0.15, 0.2) is 24.3 Å². The minimum absolute atomic E-state index is 0.122. The van der Waals surface area contributed by atoms with Crippen LogP contribution in [0.25, 0.3) is 11.3 Å². The first-order valence-corrected chi connectivity index (χ1v) is 5.95. The van der Waals surface area contributed by atoms with Crippen molar-refractivity contribution in [3.8, 4) is 23.1 Å². The molecule has 2 aromatic rings. The summed E-state index contributed by atoms with van der Waals surface area (Å²) in [7, 11) is 0. The summed E-state index contributed by atoms with van der Waals surface area (Å²) in [5.41, 5.74) is 8.51. The van der Waals surface area contributed by atoms with Crippen LogP contribution in [0.1, 0.15) is 10.4 Å². The highest BCUT2D eigenvalue weighted by molar-refractivity contribution is 7.15. The van der Waals surface area contributed by atoms with Gasteiger partial charge in [0.2, 0.25) is 0 Å². The van der Waals surface area contributed by atoms with Gasteiger partial charge in [-0.2, -0.15) is 0 Å². The molecule has 0 spiro atoms. The smallest absolute Gasteiger partial charge is 0.180 e. The predicted octanol–water partition coefficient (Wildman–Crippen LogP) is 2.04. The molecule has 0 aliphatic carbocycles. The average molecular weight is 244 g/mol. The molecule has 2 rings (SSSR count). The van der Waals surface area contributed by atoms with Crippen molar-refractivity contribution in [2.75, 3.05) is 12.3 Å². The van der Waals surface area contributed by atoms with Gasteiger partial charge in [0.1, 0.15) is 6.61 Å². The molecule has 1 aromatic carbocycles. The molecule has 0 saturated carbocycles. The van der Waals surface area contributed by atoms with Crippen LogP contribution in [0.5, 0.6) is 0 Å². The minimum Gasteiger partial charge on any atom is -0.384 e. The summed E-state index contributed by atoms with van der Waals surface area (Å²) >= 11 is 1.49. The first kappa shape index (κ1) is 11.6. The molecule has 1 aromatic heterocycles. The zero-order chi connectivity index (χ0) is 12.3. The number of thiazole rings is 1. The number of anilines is 1. The summed E-state index contributed by atoms with van der Waals surface area (Å²) in [6, 6.07) is 7.74. The highest BCUT2D eigenvalue weighted by atomic mass is 32.1. The van der Waals surface area contributed by atoms with Gasteiger partial charge in [0.05, 0.1) is 5.69 Å². The van der Waals surface area contributed by atoms with Crippen molar-refractivity contribution in [2.24, 2.45) is 0 Å². The van der Waals surface area contributed by atoms with Crippen LogP contribution < -0.4 is 5.73 Å². The van der Waals surface area contributed by atoms with E-state index in [1.165, 1.54) is 11.3 Å². The lowest BCUT2D eigenvalue weighted by molar-refractivity contribution is 0.350. The standard InChI is InChI=1S/C13H12N2OS/c1-9-12(15-13(14)17-9)11-6-4-10(5-7-11)3-2-8-16/h4-7,16H,8H2,1H3,(H2,14,15). The molecule has 0 bridgehead atoms. The molecule has 86 valence electrons. The fraction of sp³-hybridized carbons (Fsp3) is 0.154. The second-order valence-electron chi connectivity index (χ2n) is 3.49. The van der Waals surface area contributed by atoms with Crippen LogP contribution in [-0.4, -0.2) is 16.7 Å². The van der Waals surface area contributed by atoms with Gasteiger partial charge < -0.3 is 10.8 Å². The Hall–Kier alpha value is -1.83. The lowest BCUT2D eigenvalue weighted by Gasteiger charge is -1.98. The van der Waals surface area contributed by atoms with Crippen molar-refractivity contribution >= 4 is 16.5 Å². The molecule has 0 amide bonds. The molecule has 0 unspecified atom stereocenters. The zero-order valence-electron chi connectivity index (χ0n) is 9.40. The van der Waals surface area contributed by atoms with Gasteiger partial charge in [0.15, 0.2) is 5.13 Å². The van der Waals surface area contributed by atoms with Crippen molar-refractivity contribution in [1.82, 2.24) is 4.98 Å². The van der Waals surface area contributed by atoms with E-state index in [2.05, 4.69) is 16.8 Å². The Bertz CT molecular complexity index is 576. The summed E-state index contributed by atoms with van der Waals surface area (Å²) in [5, 5.41) is 9.19. The Morgan fingerprint density at radius 1 is 1.35 bits per heavy atom. The quantitative estimate of drug-likeness (QED) is 0.755. The van der Waals surface area contributed by atoms with E-state index in [0.717, 1.165) is 21.7 Å². The molecule has 4 heteroatoms. The number of rotatable bonds is 1. The van der Waals surface area contributed by atoms with Crippen LogP contribution in [0.3, 0.4) is 0 Å². The number of nitrogens with two attached hydrogens (primary N) is 1. The van der Waals surface area contributed by atoms with Gasteiger partial charge in [-0.1, -0.05) is 24.0 Å². The fourth-order valence-corrected chi connectivity index (χ4v) is 2.25. The highest BCUT2D eigenvalue weighted by Gasteiger charge is 2.07. The maximum Gasteiger partial charge on any atom is 0.180 e. The van der Waals surface area contributed by atoms with E-state index in [-0.39, 0.29) is 6.61 Å². The maximum atomic E-state index is 8.60. The molecule has 0 saturated heterocycles. The summed E-state index contributed by atoms with van der Waals surface area (Å²) in [6.45, 7) is 1.88. The van der Waals surface area contributed by atoms with E-state index >= 15 is 0 Å². The summed E-state index contributed by atoms with van der Waals surface area (Å²) in [6.07, 6.45) is 0. The molecule has 0 radical (unpaired) electrons. The van der Waals surface area contributed by atoms with Gasteiger partial charge in [-0.25, -0.2) is 4.98 Å². The third-order valence-corrected chi connectivity index (χ3v) is 3.08. The molecule has 1 heterocycles. The first-order valence-electron chi connectivity index (χ1n) is 5.14. The van der Waals surface area contributed by atoms with Crippen LogP contribution in [0.2, 0.25) is 0 Å². The van der Waals surface area contributed by atoms with E-state index in [4.69, 9.17) is 10.8 Å². The summed E-state index contributed by atoms with van der Waals surface area (Å²) < 4.78 is 0. The lowest BCUT2D eigenvalue weighted by Crippen LogP contribution is -1.84. The number of nitrogen functional groups attached to an aromatic ring is 1. The average Bonchev–Trinajstić information content (AvgIpc) is 2.66. The van der Waals surface area contributed by atoms with Crippen LogP contribution in [-0.2, 0) is 0 Å². The molecule has 17 heavy (non-hydrogen) atoms. The second kappa shape index (κ2) is 5.00. The van der Waals surface area contributed by atoms with Gasteiger partial charge in [-0.05, 0) is 19.1 Å². The predicted molar refractivity (Wildman–Crippen MR) is 70.7 cm³/mol. The van der Waals surface area contributed by atoms with E-state index in [9.17, 15) is 0 Å². The van der Waals surface area contributed by atoms with Crippen LogP contribution in [0, 0.1) is 18.8 Å². The normalized spacial score (nSPS) is 9.76. The number of aliphatic hydroxyl groups is 1. The topological polar surface area (TPSA) is 59.1 Å². The van der Waals surface area contributed by atoms with Crippen molar-refractivity contribution < 1.29 is 5.11 Å². The molecular weight excluding hydrogens is 232 g/mol. The van der Waals surface area contributed by atoms with Crippen molar-refractivity contribution in [1.29, 1.82) is 0 Å².